The van der Waals surface area contributed by atoms with E-state index in [2.05, 4.69) is 4.99 Å². The van der Waals surface area contributed by atoms with Gasteiger partial charge >= 0.3 is 5.97 Å². The van der Waals surface area contributed by atoms with Crippen molar-refractivity contribution in [2.75, 3.05) is 53.7 Å². The Hall–Kier alpha value is -4.42. The van der Waals surface area contributed by atoms with Crippen LogP contribution < -0.4 is 29.1 Å². The number of nitrogens with zero attached hydrogens (tertiary/aromatic N) is 3. The minimum atomic E-state index is -0.748. The van der Waals surface area contributed by atoms with Crippen LogP contribution in [0.25, 0.3) is 6.08 Å². The van der Waals surface area contributed by atoms with Crippen LogP contribution >= 0.6 is 11.3 Å². The highest BCUT2D eigenvalue weighted by Crippen LogP contribution is 2.32. The number of hydrogen-bond donors (Lipinski definition) is 0. The summed E-state index contributed by atoms with van der Waals surface area (Å²) in [6, 6.07) is 11.7. The summed E-state index contributed by atoms with van der Waals surface area (Å²) in [6.45, 7) is 5.64. The van der Waals surface area contributed by atoms with Gasteiger partial charge in [0.1, 0.15) is 5.75 Å². The summed E-state index contributed by atoms with van der Waals surface area (Å²) in [5, 5.41) is 0. The summed E-state index contributed by atoms with van der Waals surface area (Å²) < 4.78 is 29.3. The van der Waals surface area contributed by atoms with Crippen molar-refractivity contribution >= 4 is 29.3 Å². The molecular weight excluding hydrogens is 574 g/mol. The van der Waals surface area contributed by atoms with Gasteiger partial charge < -0.3 is 28.6 Å². The molecule has 1 aromatic heterocycles. The average Bonchev–Trinajstić information content (AvgIpc) is 3.33. The number of amides is 1. The van der Waals surface area contributed by atoms with Gasteiger partial charge in [-0.2, -0.15) is 0 Å². The highest BCUT2D eigenvalue weighted by molar-refractivity contribution is 7.07. The molecule has 2 aliphatic rings. The zero-order valence-electron chi connectivity index (χ0n) is 24.5. The van der Waals surface area contributed by atoms with Crippen LogP contribution in [0.4, 0.5) is 0 Å². The predicted octanol–water partition coefficient (Wildman–Crippen LogP) is 2.05. The number of allylic oxidation sites excluding steroid dienone is 1. The first-order valence-electron chi connectivity index (χ1n) is 13.8. The zero-order valence-corrected chi connectivity index (χ0v) is 25.3. The molecule has 3 aromatic rings. The molecular formula is C31H33N3O8S. The third-order valence-electron chi connectivity index (χ3n) is 7.13. The van der Waals surface area contributed by atoms with E-state index in [0.29, 0.717) is 75.3 Å². The van der Waals surface area contributed by atoms with E-state index in [9.17, 15) is 14.4 Å². The van der Waals surface area contributed by atoms with Crippen molar-refractivity contribution in [3.8, 4) is 17.2 Å². The number of morpholine rings is 1. The Labute approximate surface area is 252 Å². The lowest BCUT2D eigenvalue weighted by molar-refractivity contribution is -0.139. The number of rotatable bonds is 9. The van der Waals surface area contributed by atoms with Crippen molar-refractivity contribution in [2.24, 2.45) is 4.99 Å². The molecule has 0 unspecified atom stereocenters. The predicted molar refractivity (Wildman–Crippen MR) is 159 cm³/mol. The molecule has 3 heterocycles. The number of hydrogen-bond acceptors (Lipinski definition) is 10. The van der Waals surface area contributed by atoms with Crippen LogP contribution in [0.2, 0.25) is 0 Å². The summed E-state index contributed by atoms with van der Waals surface area (Å²) in [4.78, 5) is 46.3. The Morgan fingerprint density at radius 2 is 1.88 bits per heavy atom. The van der Waals surface area contributed by atoms with E-state index in [0.717, 1.165) is 0 Å². The number of carbonyl (C=O) groups excluding carboxylic acids is 2. The van der Waals surface area contributed by atoms with Gasteiger partial charge in [-0.25, -0.2) is 9.79 Å². The van der Waals surface area contributed by atoms with Gasteiger partial charge in [0.15, 0.2) is 22.9 Å². The number of ether oxygens (including phenoxy) is 5. The van der Waals surface area contributed by atoms with E-state index in [1.54, 1.807) is 62.3 Å². The quantitative estimate of drug-likeness (QED) is 0.340. The van der Waals surface area contributed by atoms with Gasteiger partial charge in [-0.3, -0.25) is 14.2 Å². The topological polar surface area (TPSA) is 118 Å². The van der Waals surface area contributed by atoms with E-state index >= 15 is 0 Å². The average molecular weight is 608 g/mol. The minimum Gasteiger partial charge on any atom is -0.497 e. The van der Waals surface area contributed by atoms with Gasteiger partial charge in [0.25, 0.3) is 11.5 Å². The summed E-state index contributed by atoms with van der Waals surface area (Å²) in [5.74, 6) is 0.775. The molecule has 1 atom stereocenters. The van der Waals surface area contributed by atoms with Crippen LogP contribution in [0.5, 0.6) is 17.2 Å². The molecule has 0 radical (unpaired) electrons. The number of esters is 1. The van der Waals surface area contributed by atoms with E-state index in [-0.39, 0.29) is 24.7 Å². The smallest absolute Gasteiger partial charge is 0.338 e. The summed E-state index contributed by atoms with van der Waals surface area (Å²) >= 11 is 1.22. The highest BCUT2D eigenvalue weighted by atomic mass is 32.1. The first-order chi connectivity index (χ1) is 20.8. The van der Waals surface area contributed by atoms with Crippen molar-refractivity contribution in [1.29, 1.82) is 0 Å². The van der Waals surface area contributed by atoms with Gasteiger partial charge in [0.05, 0.1) is 55.9 Å². The largest absolute Gasteiger partial charge is 0.497 e. The molecule has 1 saturated heterocycles. The summed E-state index contributed by atoms with van der Waals surface area (Å²) in [5.41, 5.74) is 1.85. The second kappa shape index (κ2) is 13.3. The van der Waals surface area contributed by atoms with Crippen LogP contribution in [0, 0.1) is 0 Å². The normalized spacial score (nSPS) is 16.8. The van der Waals surface area contributed by atoms with E-state index in [4.69, 9.17) is 23.7 Å². The molecule has 0 saturated carbocycles. The van der Waals surface area contributed by atoms with E-state index in [1.807, 2.05) is 12.1 Å². The number of methoxy groups -OCH3 is 2. The molecule has 226 valence electrons. The van der Waals surface area contributed by atoms with E-state index in [1.165, 1.54) is 23.0 Å². The van der Waals surface area contributed by atoms with Crippen molar-refractivity contribution in [3.63, 3.8) is 0 Å². The second-order valence-corrected chi connectivity index (χ2v) is 10.8. The van der Waals surface area contributed by atoms with Gasteiger partial charge in [0.2, 0.25) is 0 Å². The molecule has 12 heteroatoms. The number of carbonyl (C=O) groups is 2. The Morgan fingerprint density at radius 3 is 2.60 bits per heavy atom. The Bertz CT molecular complexity index is 1740. The number of benzene rings is 2. The monoisotopic (exact) mass is 607 g/mol. The Balaban J connectivity index is 1.50. The molecule has 1 amide bonds. The molecule has 0 aliphatic carbocycles. The molecule has 1 fully saturated rings. The zero-order chi connectivity index (χ0) is 30.5. The van der Waals surface area contributed by atoms with Crippen LogP contribution in [0.15, 0.2) is 63.5 Å². The molecule has 5 rings (SSSR count). The standard InChI is InChI=1S/C31H33N3O8S/c1-5-41-30(37)27-19(2)32-31-34(28(27)21-7-6-8-22(17-21)38-3)29(36)25(43-31)16-20-9-10-23(24(15-20)39-4)42-18-26(35)33-11-13-40-14-12-33/h6-10,15-17,28H,5,11-14,18H2,1-4H3/b25-16+/t28-/m1/s1. The van der Waals surface area contributed by atoms with Gasteiger partial charge in [-0.1, -0.05) is 29.5 Å². The molecule has 0 spiro atoms. The molecule has 11 nitrogen and oxygen atoms in total. The lowest BCUT2D eigenvalue weighted by atomic mass is 9.95. The second-order valence-electron chi connectivity index (χ2n) is 9.77. The Morgan fingerprint density at radius 1 is 1.09 bits per heavy atom. The van der Waals surface area contributed by atoms with Crippen molar-refractivity contribution in [2.45, 2.75) is 19.9 Å². The fraction of sp³-hybridized carbons (Fsp3) is 0.355. The van der Waals surface area contributed by atoms with Crippen molar-refractivity contribution in [3.05, 3.63) is 84.5 Å². The van der Waals surface area contributed by atoms with Gasteiger partial charge in [-0.15, -0.1) is 0 Å². The highest BCUT2D eigenvalue weighted by Gasteiger charge is 2.33. The maximum absolute atomic E-state index is 13.9. The molecule has 0 N–H and O–H groups in total. The third-order valence-corrected chi connectivity index (χ3v) is 8.11. The SMILES string of the molecule is CCOC(=O)C1=C(C)N=c2s/c(=C/c3ccc(OCC(=O)N4CCOCC4)c(OC)c3)c(=O)n2[C@@H]1c1cccc(OC)c1. The fourth-order valence-corrected chi connectivity index (χ4v) is 6.05. The Kier molecular flexibility index (Phi) is 9.27. The van der Waals surface area contributed by atoms with E-state index < -0.39 is 12.0 Å². The molecule has 2 aromatic carbocycles. The van der Waals surface area contributed by atoms with Crippen LogP contribution in [0.3, 0.4) is 0 Å². The maximum atomic E-state index is 13.9. The first-order valence-corrected chi connectivity index (χ1v) is 14.7. The lowest BCUT2D eigenvalue weighted by Gasteiger charge is -2.26. The van der Waals surface area contributed by atoms with Crippen LogP contribution in [0.1, 0.15) is 31.0 Å². The number of aromatic nitrogens is 1. The molecule has 43 heavy (non-hydrogen) atoms. The number of thiazole rings is 1. The van der Waals surface area contributed by atoms with Crippen molar-refractivity contribution in [1.82, 2.24) is 9.47 Å². The number of fused-ring (bicyclic) bond motifs is 1. The first kappa shape index (κ1) is 30.1. The third kappa shape index (κ3) is 6.35. The molecule has 0 bridgehead atoms. The van der Waals surface area contributed by atoms with Gasteiger partial charge in [0, 0.05) is 13.1 Å². The minimum absolute atomic E-state index is 0.124. The summed E-state index contributed by atoms with van der Waals surface area (Å²) in [6.07, 6.45) is 1.74. The fourth-order valence-electron chi connectivity index (χ4n) is 5.01. The van der Waals surface area contributed by atoms with Gasteiger partial charge in [-0.05, 0) is 55.3 Å². The lowest BCUT2D eigenvalue weighted by Crippen LogP contribution is -2.43. The maximum Gasteiger partial charge on any atom is 0.338 e. The van der Waals surface area contributed by atoms with Crippen molar-refractivity contribution < 1.29 is 33.3 Å². The molecule has 2 aliphatic heterocycles. The van der Waals surface area contributed by atoms with Crippen LogP contribution in [-0.4, -0.2) is 75.1 Å². The van der Waals surface area contributed by atoms with Crippen LogP contribution in [-0.2, 0) is 19.1 Å². The summed E-state index contributed by atoms with van der Waals surface area (Å²) in [7, 11) is 3.07.